The third-order valence-corrected chi connectivity index (χ3v) is 6.43. The van der Waals surface area contributed by atoms with E-state index in [0.717, 1.165) is 35.2 Å². The summed E-state index contributed by atoms with van der Waals surface area (Å²) in [5, 5.41) is 4.59. The summed E-state index contributed by atoms with van der Waals surface area (Å²) >= 11 is 7.90. The van der Waals surface area contributed by atoms with Crippen molar-refractivity contribution in [3.8, 4) is 5.75 Å². The molecule has 0 aliphatic heterocycles. The summed E-state index contributed by atoms with van der Waals surface area (Å²) in [4.78, 5) is 20.3. The molecular weight excluding hydrogens is 382 g/mol. The Morgan fingerprint density at radius 3 is 2.78 bits per heavy atom. The second kappa shape index (κ2) is 7.17. The molecular formula is C20H22ClN3O2S. The molecule has 0 amide bonds. The minimum atomic E-state index is -0.00948. The van der Waals surface area contributed by atoms with E-state index in [-0.39, 0.29) is 11.6 Å². The van der Waals surface area contributed by atoms with Crippen LogP contribution in [0.3, 0.4) is 0 Å². The Hall–Kier alpha value is -2.05. The maximum Gasteiger partial charge on any atom is 0.264 e. The summed E-state index contributed by atoms with van der Waals surface area (Å²) in [5.74, 6) is 1.15. The van der Waals surface area contributed by atoms with E-state index in [1.165, 1.54) is 16.9 Å². The monoisotopic (exact) mass is 403 g/mol. The molecule has 1 aliphatic rings. The van der Waals surface area contributed by atoms with Crippen LogP contribution in [-0.2, 0) is 12.8 Å². The Morgan fingerprint density at radius 1 is 1.30 bits per heavy atom. The van der Waals surface area contributed by atoms with E-state index < -0.39 is 0 Å². The number of anilines is 2. The molecule has 0 bridgehead atoms. The lowest BCUT2D eigenvalue weighted by Crippen LogP contribution is -2.26. The molecule has 0 saturated heterocycles. The molecule has 0 atom stereocenters. The maximum absolute atomic E-state index is 13.3. The van der Waals surface area contributed by atoms with Gasteiger partial charge in [-0.2, -0.15) is 0 Å². The van der Waals surface area contributed by atoms with Crippen LogP contribution in [-0.4, -0.2) is 16.7 Å². The second-order valence-corrected chi connectivity index (χ2v) is 8.56. The molecule has 27 heavy (non-hydrogen) atoms. The highest BCUT2D eigenvalue weighted by Gasteiger charge is 2.23. The first-order chi connectivity index (χ1) is 13.0. The number of aryl methyl sites for hydroxylation is 2. The molecule has 0 radical (unpaired) electrons. The van der Waals surface area contributed by atoms with E-state index in [4.69, 9.17) is 21.3 Å². The zero-order chi connectivity index (χ0) is 19.1. The molecule has 0 saturated carbocycles. The van der Waals surface area contributed by atoms with Gasteiger partial charge in [-0.3, -0.25) is 9.36 Å². The van der Waals surface area contributed by atoms with Crippen LogP contribution in [0.4, 0.5) is 11.6 Å². The quantitative estimate of drug-likeness (QED) is 0.640. The van der Waals surface area contributed by atoms with Gasteiger partial charge in [-0.15, -0.1) is 11.3 Å². The Balaban J connectivity index is 1.86. The predicted octanol–water partition coefficient (Wildman–Crippen LogP) is 5.32. The van der Waals surface area contributed by atoms with Crippen molar-refractivity contribution in [2.75, 3.05) is 12.4 Å². The first-order valence-electron chi connectivity index (χ1n) is 9.17. The topological polar surface area (TPSA) is 56.1 Å². The average Bonchev–Trinajstić information content (AvgIpc) is 3.00. The lowest BCUT2D eigenvalue weighted by atomic mass is 9.97. The Bertz CT molecular complexity index is 1070. The van der Waals surface area contributed by atoms with Gasteiger partial charge in [-0.25, -0.2) is 4.98 Å². The summed E-state index contributed by atoms with van der Waals surface area (Å²) in [6.07, 6.45) is 4.36. The lowest BCUT2D eigenvalue weighted by Gasteiger charge is -2.18. The number of nitrogens with one attached hydrogen (secondary N) is 1. The van der Waals surface area contributed by atoms with E-state index >= 15 is 0 Å². The number of hydrogen-bond donors (Lipinski definition) is 1. The van der Waals surface area contributed by atoms with Crippen molar-refractivity contribution in [1.29, 1.82) is 0 Å². The standard InChI is InChI=1S/C20H22ClN3O2S/c1-11(2)24-19(25)17-13-6-4-5-7-16(13)27-18(17)23-20(24)22-12-8-9-15(26-3)14(21)10-12/h8-11H,4-7H2,1-3H3,(H,22,23). The van der Waals surface area contributed by atoms with Crippen LogP contribution in [0.15, 0.2) is 23.0 Å². The number of rotatable bonds is 4. The molecule has 0 unspecified atom stereocenters. The van der Waals surface area contributed by atoms with E-state index in [2.05, 4.69) is 5.32 Å². The molecule has 142 valence electrons. The minimum Gasteiger partial charge on any atom is -0.495 e. The van der Waals surface area contributed by atoms with E-state index in [1.54, 1.807) is 35.1 Å². The van der Waals surface area contributed by atoms with Gasteiger partial charge in [0.05, 0.1) is 17.5 Å². The molecule has 3 aromatic rings. The Kier molecular flexibility index (Phi) is 4.86. The SMILES string of the molecule is COc1ccc(Nc2nc3sc4c(c3c(=O)n2C(C)C)CCCC4)cc1Cl. The number of aromatic nitrogens is 2. The fraction of sp³-hybridized carbons (Fsp3) is 0.400. The predicted molar refractivity (Wildman–Crippen MR) is 112 cm³/mol. The van der Waals surface area contributed by atoms with Gasteiger partial charge in [-0.05, 0) is 63.3 Å². The van der Waals surface area contributed by atoms with Crippen molar-refractivity contribution in [3.63, 3.8) is 0 Å². The van der Waals surface area contributed by atoms with Gasteiger partial charge >= 0.3 is 0 Å². The van der Waals surface area contributed by atoms with Crippen molar-refractivity contribution in [2.45, 2.75) is 45.6 Å². The normalized spacial score (nSPS) is 13.8. The maximum atomic E-state index is 13.3. The largest absolute Gasteiger partial charge is 0.495 e. The number of thiophene rings is 1. The van der Waals surface area contributed by atoms with Gasteiger partial charge < -0.3 is 10.1 Å². The van der Waals surface area contributed by atoms with Crippen molar-refractivity contribution in [2.24, 2.45) is 0 Å². The fourth-order valence-electron chi connectivity index (χ4n) is 3.66. The smallest absolute Gasteiger partial charge is 0.264 e. The van der Waals surface area contributed by atoms with Crippen LogP contribution in [0, 0.1) is 0 Å². The molecule has 5 nitrogen and oxygen atoms in total. The molecule has 2 heterocycles. The first-order valence-corrected chi connectivity index (χ1v) is 10.4. The molecule has 2 aromatic heterocycles. The number of fused-ring (bicyclic) bond motifs is 3. The van der Waals surface area contributed by atoms with Crippen LogP contribution < -0.4 is 15.6 Å². The van der Waals surface area contributed by atoms with Crippen LogP contribution in [0.1, 0.15) is 43.2 Å². The first kappa shape index (κ1) is 18.3. The highest BCUT2D eigenvalue weighted by atomic mass is 35.5. The van der Waals surface area contributed by atoms with Crippen molar-refractivity contribution in [1.82, 2.24) is 9.55 Å². The van der Waals surface area contributed by atoms with Crippen molar-refractivity contribution >= 4 is 44.8 Å². The second-order valence-electron chi connectivity index (χ2n) is 7.07. The third-order valence-electron chi connectivity index (χ3n) is 4.95. The lowest BCUT2D eigenvalue weighted by molar-refractivity contribution is 0.415. The van der Waals surface area contributed by atoms with Crippen LogP contribution >= 0.6 is 22.9 Å². The van der Waals surface area contributed by atoms with E-state index in [1.807, 2.05) is 19.9 Å². The molecule has 0 spiro atoms. The number of halogens is 1. The van der Waals surface area contributed by atoms with Crippen molar-refractivity contribution in [3.05, 3.63) is 44.0 Å². The summed E-state index contributed by atoms with van der Waals surface area (Å²) in [5.41, 5.74) is 2.02. The Morgan fingerprint density at radius 2 is 2.07 bits per heavy atom. The molecule has 1 aliphatic carbocycles. The zero-order valence-electron chi connectivity index (χ0n) is 15.6. The van der Waals surface area contributed by atoms with Gasteiger partial charge in [-0.1, -0.05) is 11.6 Å². The fourth-order valence-corrected chi connectivity index (χ4v) is 5.17. The van der Waals surface area contributed by atoms with Crippen LogP contribution in [0.25, 0.3) is 10.2 Å². The van der Waals surface area contributed by atoms with E-state index in [9.17, 15) is 4.79 Å². The molecule has 1 aromatic carbocycles. The summed E-state index contributed by atoms with van der Waals surface area (Å²) in [7, 11) is 1.58. The number of hydrogen-bond acceptors (Lipinski definition) is 5. The minimum absolute atomic E-state index is 0.00948. The van der Waals surface area contributed by atoms with Gasteiger partial charge in [0, 0.05) is 16.6 Å². The average molecular weight is 404 g/mol. The van der Waals surface area contributed by atoms with Crippen molar-refractivity contribution < 1.29 is 4.74 Å². The third kappa shape index (κ3) is 3.21. The number of benzene rings is 1. The number of nitrogens with zero attached hydrogens (tertiary/aromatic N) is 2. The molecule has 4 rings (SSSR count). The van der Waals surface area contributed by atoms with Gasteiger partial charge in [0.25, 0.3) is 5.56 Å². The zero-order valence-corrected chi connectivity index (χ0v) is 17.2. The molecule has 1 N–H and O–H groups in total. The van der Waals surface area contributed by atoms with Gasteiger partial charge in [0.1, 0.15) is 10.6 Å². The summed E-state index contributed by atoms with van der Waals surface area (Å²) < 4.78 is 6.94. The van der Waals surface area contributed by atoms with Crippen LogP contribution in [0.2, 0.25) is 5.02 Å². The molecule has 7 heteroatoms. The highest BCUT2D eigenvalue weighted by Crippen LogP contribution is 2.35. The number of ether oxygens (including phenoxy) is 1. The van der Waals surface area contributed by atoms with Gasteiger partial charge in [0.15, 0.2) is 0 Å². The highest BCUT2D eigenvalue weighted by molar-refractivity contribution is 7.18. The number of methoxy groups -OCH3 is 1. The van der Waals surface area contributed by atoms with E-state index in [0.29, 0.717) is 16.7 Å². The molecule has 0 fully saturated rings. The van der Waals surface area contributed by atoms with Gasteiger partial charge in [0.2, 0.25) is 5.95 Å². The Labute approximate surface area is 167 Å². The summed E-state index contributed by atoms with van der Waals surface area (Å²) in [6, 6.07) is 5.43. The van der Waals surface area contributed by atoms with Crippen LogP contribution in [0.5, 0.6) is 5.75 Å². The summed E-state index contributed by atoms with van der Waals surface area (Å²) in [6.45, 7) is 4.00.